The van der Waals surface area contributed by atoms with Crippen LogP contribution in [0.25, 0.3) is 10.9 Å². The van der Waals surface area contributed by atoms with E-state index in [0.717, 1.165) is 27.7 Å². The molecule has 9 heteroatoms. The SMILES string of the molecule is CCC(C)[C@H](NC(=O)[C@@H]1Cc2c([nH]c3ccccc23)C2c3ccccc3C(=O)N21)C(=O)N1CCC[C@H]1C(=O)O. The lowest BCUT2D eigenvalue weighted by atomic mass is 9.89. The Bertz CT molecular complexity index is 1500. The number of nitrogens with zero attached hydrogens (tertiary/aromatic N) is 2. The highest BCUT2D eigenvalue weighted by Crippen LogP contribution is 2.46. The van der Waals surface area contributed by atoms with E-state index in [4.69, 9.17) is 0 Å². The van der Waals surface area contributed by atoms with E-state index in [0.29, 0.717) is 37.8 Å². The summed E-state index contributed by atoms with van der Waals surface area (Å²) in [6, 6.07) is 12.3. The van der Waals surface area contributed by atoms with Crippen molar-refractivity contribution >= 4 is 34.6 Å². The van der Waals surface area contributed by atoms with Crippen molar-refractivity contribution in [2.75, 3.05) is 6.54 Å². The van der Waals surface area contributed by atoms with Gasteiger partial charge in [-0.3, -0.25) is 14.4 Å². The van der Waals surface area contributed by atoms with E-state index >= 15 is 0 Å². The van der Waals surface area contributed by atoms with E-state index < -0.39 is 36.0 Å². The summed E-state index contributed by atoms with van der Waals surface area (Å²) < 4.78 is 0. The van der Waals surface area contributed by atoms with Gasteiger partial charge >= 0.3 is 5.97 Å². The van der Waals surface area contributed by atoms with Gasteiger partial charge < -0.3 is 25.2 Å². The van der Waals surface area contributed by atoms with Gasteiger partial charge in [0.2, 0.25) is 11.8 Å². The molecule has 9 nitrogen and oxygen atoms in total. The first kappa shape index (κ1) is 25.2. The molecule has 0 radical (unpaired) electrons. The van der Waals surface area contributed by atoms with E-state index in [9.17, 15) is 24.3 Å². The molecule has 0 aliphatic carbocycles. The minimum absolute atomic E-state index is 0.211. The zero-order chi connectivity index (χ0) is 27.4. The monoisotopic (exact) mass is 528 g/mol. The van der Waals surface area contributed by atoms with Gasteiger partial charge in [0, 0.05) is 35.1 Å². The van der Waals surface area contributed by atoms with Crippen molar-refractivity contribution in [3.8, 4) is 0 Å². The number of H-pyrrole nitrogens is 1. The van der Waals surface area contributed by atoms with E-state index in [2.05, 4.69) is 10.3 Å². The molecule has 2 unspecified atom stereocenters. The second kappa shape index (κ2) is 9.55. The van der Waals surface area contributed by atoms with E-state index in [-0.39, 0.29) is 17.7 Å². The van der Waals surface area contributed by atoms with Crippen LogP contribution < -0.4 is 5.32 Å². The second-order valence-electron chi connectivity index (χ2n) is 10.9. The number of carboxylic acids is 1. The first-order chi connectivity index (χ1) is 18.8. The number of likely N-dealkylation sites (tertiary alicyclic amines) is 1. The molecule has 0 bridgehead atoms. The Morgan fingerprint density at radius 3 is 2.62 bits per heavy atom. The number of fused-ring (bicyclic) bond motifs is 7. The molecule has 3 amide bonds. The summed E-state index contributed by atoms with van der Waals surface area (Å²) in [5, 5.41) is 13.6. The van der Waals surface area contributed by atoms with Gasteiger partial charge in [-0.2, -0.15) is 0 Å². The van der Waals surface area contributed by atoms with Crippen LogP contribution >= 0.6 is 0 Å². The molecular formula is C30H32N4O5. The Morgan fingerprint density at radius 2 is 1.85 bits per heavy atom. The molecule has 3 aromatic rings. The fraction of sp³-hybridized carbons (Fsp3) is 0.400. The van der Waals surface area contributed by atoms with Crippen LogP contribution in [0.3, 0.4) is 0 Å². The highest BCUT2D eigenvalue weighted by atomic mass is 16.4. The molecule has 1 aromatic heterocycles. The molecule has 2 aromatic carbocycles. The number of aromatic nitrogens is 1. The zero-order valence-electron chi connectivity index (χ0n) is 22.0. The van der Waals surface area contributed by atoms with Crippen molar-refractivity contribution < 1.29 is 24.3 Å². The number of amides is 3. The van der Waals surface area contributed by atoms with Gasteiger partial charge in [-0.1, -0.05) is 56.7 Å². The number of aromatic amines is 1. The maximum atomic E-state index is 14.1. The van der Waals surface area contributed by atoms with Crippen LogP contribution in [0.5, 0.6) is 0 Å². The molecule has 6 rings (SSSR count). The van der Waals surface area contributed by atoms with Crippen LogP contribution in [0.1, 0.15) is 66.3 Å². The Balaban J connectivity index is 1.37. The number of nitrogens with one attached hydrogen (secondary N) is 2. The van der Waals surface area contributed by atoms with Crippen molar-refractivity contribution in [1.29, 1.82) is 0 Å². The van der Waals surface area contributed by atoms with Gasteiger partial charge in [0.15, 0.2) is 0 Å². The summed E-state index contributed by atoms with van der Waals surface area (Å²) in [4.78, 5) is 59.7. The number of carbonyl (C=O) groups is 4. The molecule has 0 saturated carbocycles. The van der Waals surface area contributed by atoms with Crippen LogP contribution in [-0.2, 0) is 20.8 Å². The lowest BCUT2D eigenvalue weighted by Crippen LogP contribution is -2.59. The number of benzene rings is 2. The van der Waals surface area contributed by atoms with E-state index in [1.807, 2.05) is 56.3 Å². The van der Waals surface area contributed by atoms with E-state index in [1.165, 1.54) is 4.90 Å². The largest absolute Gasteiger partial charge is 0.480 e. The Kier molecular flexibility index (Phi) is 6.16. The highest BCUT2D eigenvalue weighted by molar-refractivity contribution is 6.04. The number of carboxylic acid groups (broad SMARTS) is 1. The maximum Gasteiger partial charge on any atom is 0.326 e. The number of para-hydroxylation sites is 1. The van der Waals surface area contributed by atoms with E-state index in [1.54, 1.807) is 11.0 Å². The number of carbonyl (C=O) groups excluding carboxylic acids is 3. The molecule has 0 spiro atoms. The Hall–Kier alpha value is -4.14. The zero-order valence-corrected chi connectivity index (χ0v) is 22.0. The van der Waals surface area contributed by atoms with Gasteiger partial charge in [0.1, 0.15) is 18.1 Å². The summed E-state index contributed by atoms with van der Waals surface area (Å²) in [5.41, 5.74) is 4.27. The van der Waals surface area contributed by atoms with Gasteiger partial charge in [-0.05, 0) is 42.0 Å². The summed E-state index contributed by atoms with van der Waals surface area (Å²) in [7, 11) is 0. The lowest BCUT2D eigenvalue weighted by molar-refractivity contribution is -0.150. The minimum atomic E-state index is -1.03. The predicted molar refractivity (Wildman–Crippen MR) is 144 cm³/mol. The molecular weight excluding hydrogens is 496 g/mol. The predicted octanol–water partition coefficient (Wildman–Crippen LogP) is 3.24. The smallest absolute Gasteiger partial charge is 0.326 e. The fourth-order valence-electron chi connectivity index (χ4n) is 6.54. The average molecular weight is 529 g/mol. The molecule has 5 atom stereocenters. The summed E-state index contributed by atoms with van der Waals surface area (Å²) in [5.74, 6) is -2.24. The quantitative estimate of drug-likeness (QED) is 0.453. The standard InChI is InChI=1S/C30H32N4O5/c1-3-16(2)24(29(37)33-14-8-13-22(33)30(38)39)32-27(35)23-15-20-17-9-6-7-12-21(17)31-25(20)26-18-10-4-5-11-19(18)28(36)34(23)26/h4-7,9-12,16,22-24,26,31H,3,8,13-15H2,1-2H3,(H,32,35)(H,38,39)/t16?,22-,23-,24-,26?/m0/s1. The maximum absolute atomic E-state index is 14.1. The van der Waals surface area contributed by atoms with Crippen LogP contribution in [0.2, 0.25) is 0 Å². The summed E-state index contributed by atoms with van der Waals surface area (Å²) >= 11 is 0. The summed E-state index contributed by atoms with van der Waals surface area (Å²) in [6.45, 7) is 4.17. The number of hydrogen-bond acceptors (Lipinski definition) is 4. The molecule has 202 valence electrons. The van der Waals surface area contributed by atoms with Gasteiger partial charge in [-0.15, -0.1) is 0 Å². The minimum Gasteiger partial charge on any atom is -0.480 e. The highest BCUT2D eigenvalue weighted by Gasteiger charge is 2.50. The van der Waals surface area contributed by atoms with Gasteiger partial charge in [0.05, 0.1) is 6.04 Å². The lowest BCUT2D eigenvalue weighted by Gasteiger charge is -2.38. The second-order valence-corrected chi connectivity index (χ2v) is 10.9. The van der Waals surface area contributed by atoms with Gasteiger partial charge in [-0.25, -0.2) is 4.79 Å². The van der Waals surface area contributed by atoms with Crippen LogP contribution in [0.4, 0.5) is 0 Å². The Labute approximate surface area is 226 Å². The third kappa shape index (κ3) is 3.90. The van der Waals surface area contributed by atoms with Gasteiger partial charge in [0.25, 0.3) is 5.91 Å². The van der Waals surface area contributed by atoms with Crippen molar-refractivity contribution in [1.82, 2.24) is 20.1 Å². The van der Waals surface area contributed by atoms with Crippen molar-refractivity contribution in [3.05, 3.63) is 70.9 Å². The fourth-order valence-corrected chi connectivity index (χ4v) is 6.54. The molecule has 3 aliphatic rings. The molecule has 1 saturated heterocycles. The third-order valence-corrected chi connectivity index (χ3v) is 8.75. The molecule has 3 N–H and O–H groups in total. The topological polar surface area (TPSA) is 123 Å². The molecule has 4 heterocycles. The van der Waals surface area contributed by atoms with Crippen molar-refractivity contribution in [3.63, 3.8) is 0 Å². The van der Waals surface area contributed by atoms with Crippen LogP contribution in [0, 0.1) is 5.92 Å². The number of hydrogen-bond donors (Lipinski definition) is 3. The molecule has 3 aliphatic heterocycles. The third-order valence-electron chi connectivity index (χ3n) is 8.75. The summed E-state index contributed by atoms with van der Waals surface area (Å²) in [6.07, 6.45) is 1.94. The number of rotatable bonds is 6. The number of aliphatic carboxylic acids is 1. The Morgan fingerprint density at radius 1 is 1.10 bits per heavy atom. The van der Waals surface area contributed by atoms with Crippen molar-refractivity contribution in [2.45, 2.75) is 63.7 Å². The first-order valence-electron chi connectivity index (χ1n) is 13.7. The normalized spacial score (nSPS) is 23.2. The van der Waals surface area contributed by atoms with Crippen LogP contribution in [0.15, 0.2) is 48.5 Å². The first-order valence-corrected chi connectivity index (χ1v) is 13.7. The van der Waals surface area contributed by atoms with Crippen LogP contribution in [-0.4, -0.2) is 68.3 Å². The molecule has 39 heavy (non-hydrogen) atoms. The van der Waals surface area contributed by atoms with Crippen molar-refractivity contribution in [2.24, 2.45) is 5.92 Å². The molecule has 1 fully saturated rings. The average Bonchev–Trinajstić information content (AvgIpc) is 3.65.